The third-order valence-electron chi connectivity index (χ3n) is 3.26. The van der Waals surface area contributed by atoms with Crippen molar-refractivity contribution in [3.8, 4) is 0 Å². The highest BCUT2D eigenvalue weighted by Gasteiger charge is 2.15. The van der Waals surface area contributed by atoms with Crippen LogP contribution in [0.1, 0.15) is 25.9 Å². The topological polar surface area (TPSA) is 54.9 Å². The molecule has 0 fully saturated rings. The standard InChI is InChI=1S/C18H13ClFN3OS/c1-11-3-2-4-12(9-11)10-15(19)17-22-23-18(25-17)16(24)21-14-7-5-13(20)6-8-14/h2-10H,1H3,(H,21,24). The highest BCUT2D eigenvalue weighted by molar-refractivity contribution is 7.15. The highest BCUT2D eigenvalue weighted by Crippen LogP contribution is 2.26. The van der Waals surface area contributed by atoms with Crippen LogP contribution in [0.5, 0.6) is 0 Å². The Morgan fingerprint density at radius 2 is 1.88 bits per heavy atom. The summed E-state index contributed by atoms with van der Waals surface area (Å²) in [4.78, 5) is 12.2. The predicted molar refractivity (Wildman–Crippen MR) is 99.2 cm³/mol. The zero-order valence-corrected chi connectivity index (χ0v) is 14.7. The summed E-state index contributed by atoms with van der Waals surface area (Å²) in [6.07, 6.45) is 1.77. The van der Waals surface area contributed by atoms with E-state index >= 15 is 0 Å². The van der Waals surface area contributed by atoms with Crippen LogP contribution in [0.25, 0.3) is 11.1 Å². The molecule has 0 aliphatic rings. The van der Waals surface area contributed by atoms with Crippen molar-refractivity contribution in [1.29, 1.82) is 0 Å². The van der Waals surface area contributed by atoms with E-state index in [1.165, 1.54) is 24.3 Å². The molecule has 0 saturated carbocycles. The molecule has 0 aliphatic carbocycles. The normalized spacial score (nSPS) is 11.4. The Bertz CT molecular complexity index is 938. The molecule has 2 aromatic carbocycles. The molecule has 1 N–H and O–H groups in total. The van der Waals surface area contributed by atoms with E-state index in [1.807, 2.05) is 31.2 Å². The van der Waals surface area contributed by atoms with Gasteiger partial charge in [-0.15, -0.1) is 10.2 Å². The van der Waals surface area contributed by atoms with Crippen LogP contribution < -0.4 is 5.32 Å². The fraction of sp³-hybridized carbons (Fsp3) is 0.0556. The summed E-state index contributed by atoms with van der Waals surface area (Å²) < 4.78 is 12.9. The summed E-state index contributed by atoms with van der Waals surface area (Å²) in [5.41, 5.74) is 2.54. The van der Waals surface area contributed by atoms with Crippen molar-refractivity contribution < 1.29 is 9.18 Å². The summed E-state index contributed by atoms with van der Waals surface area (Å²) in [6.45, 7) is 1.99. The van der Waals surface area contributed by atoms with Gasteiger partial charge in [-0.3, -0.25) is 4.79 Å². The Balaban J connectivity index is 1.75. The molecular weight excluding hydrogens is 361 g/mol. The monoisotopic (exact) mass is 373 g/mol. The van der Waals surface area contributed by atoms with E-state index < -0.39 is 5.91 Å². The van der Waals surface area contributed by atoms with E-state index in [0.29, 0.717) is 15.7 Å². The maximum atomic E-state index is 12.9. The number of hydrogen-bond donors (Lipinski definition) is 1. The van der Waals surface area contributed by atoms with E-state index in [-0.39, 0.29) is 10.8 Å². The first-order chi connectivity index (χ1) is 12.0. The summed E-state index contributed by atoms with van der Waals surface area (Å²) in [5.74, 6) is -0.792. The van der Waals surface area contributed by atoms with Crippen LogP contribution >= 0.6 is 22.9 Å². The number of carbonyl (C=O) groups is 1. The first-order valence-electron chi connectivity index (χ1n) is 7.36. The molecule has 0 saturated heterocycles. The second-order valence-electron chi connectivity index (χ2n) is 5.28. The Morgan fingerprint density at radius 3 is 2.60 bits per heavy atom. The van der Waals surface area contributed by atoms with Crippen molar-refractivity contribution in [3.63, 3.8) is 0 Å². The molecule has 0 radical (unpaired) electrons. The van der Waals surface area contributed by atoms with E-state index in [9.17, 15) is 9.18 Å². The van der Waals surface area contributed by atoms with Crippen molar-refractivity contribution in [3.05, 3.63) is 75.5 Å². The van der Waals surface area contributed by atoms with Gasteiger partial charge in [0.1, 0.15) is 5.82 Å². The van der Waals surface area contributed by atoms with Gasteiger partial charge in [-0.1, -0.05) is 52.8 Å². The Labute approximate surface area is 153 Å². The van der Waals surface area contributed by atoms with E-state index in [4.69, 9.17) is 11.6 Å². The Kier molecular flexibility index (Phi) is 5.21. The number of halogens is 2. The third-order valence-corrected chi connectivity index (χ3v) is 4.62. The number of benzene rings is 2. The first-order valence-corrected chi connectivity index (χ1v) is 8.55. The van der Waals surface area contributed by atoms with Gasteiger partial charge in [-0.05, 0) is 42.8 Å². The van der Waals surface area contributed by atoms with Crippen molar-refractivity contribution >= 4 is 45.6 Å². The molecule has 0 spiro atoms. The molecule has 3 aromatic rings. The average Bonchev–Trinajstić information content (AvgIpc) is 3.07. The molecule has 4 nitrogen and oxygen atoms in total. The predicted octanol–water partition coefficient (Wildman–Crippen LogP) is 4.97. The number of hydrogen-bond acceptors (Lipinski definition) is 4. The Morgan fingerprint density at radius 1 is 1.16 bits per heavy atom. The number of nitrogens with one attached hydrogen (secondary N) is 1. The maximum absolute atomic E-state index is 12.9. The minimum atomic E-state index is -0.421. The number of rotatable bonds is 4. The number of aryl methyl sites for hydroxylation is 1. The minimum Gasteiger partial charge on any atom is -0.320 e. The van der Waals surface area contributed by atoms with Gasteiger partial charge in [0.15, 0.2) is 5.01 Å². The van der Waals surface area contributed by atoms with E-state index in [1.54, 1.807) is 6.08 Å². The molecular formula is C18H13ClFN3OS. The second-order valence-corrected chi connectivity index (χ2v) is 6.66. The van der Waals surface area contributed by atoms with Gasteiger partial charge in [-0.25, -0.2) is 4.39 Å². The lowest BCUT2D eigenvalue weighted by Crippen LogP contribution is -2.11. The molecule has 0 bridgehead atoms. The number of carbonyl (C=O) groups excluding carboxylic acids is 1. The number of nitrogens with zero attached hydrogens (tertiary/aromatic N) is 2. The fourth-order valence-electron chi connectivity index (χ4n) is 2.10. The number of anilines is 1. The van der Waals surface area contributed by atoms with Crippen LogP contribution in [0, 0.1) is 12.7 Å². The van der Waals surface area contributed by atoms with Crippen molar-refractivity contribution in [2.45, 2.75) is 6.92 Å². The molecule has 3 rings (SSSR count). The summed E-state index contributed by atoms with van der Waals surface area (Å²) in [6, 6.07) is 13.3. The zero-order chi connectivity index (χ0) is 17.8. The molecule has 25 heavy (non-hydrogen) atoms. The van der Waals surface area contributed by atoms with Gasteiger partial charge >= 0.3 is 0 Å². The van der Waals surface area contributed by atoms with Crippen LogP contribution in [0.3, 0.4) is 0 Å². The molecule has 1 aromatic heterocycles. The van der Waals surface area contributed by atoms with Crippen molar-refractivity contribution in [1.82, 2.24) is 10.2 Å². The molecule has 1 heterocycles. The van der Waals surface area contributed by atoms with Crippen LogP contribution in [-0.2, 0) is 0 Å². The summed E-state index contributed by atoms with van der Waals surface area (Å²) >= 11 is 7.37. The Hall–Kier alpha value is -2.57. The molecule has 0 aliphatic heterocycles. The van der Waals surface area contributed by atoms with Gasteiger partial charge in [0.25, 0.3) is 5.91 Å². The number of amides is 1. The molecule has 0 unspecified atom stereocenters. The van der Waals surface area contributed by atoms with Crippen molar-refractivity contribution in [2.75, 3.05) is 5.32 Å². The van der Waals surface area contributed by atoms with Crippen molar-refractivity contribution in [2.24, 2.45) is 0 Å². The maximum Gasteiger partial charge on any atom is 0.286 e. The average molecular weight is 374 g/mol. The fourth-order valence-corrected chi connectivity index (χ4v) is 3.02. The number of aromatic nitrogens is 2. The largest absolute Gasteiger partial charge is 0.320 e. The van der Waals surface area contributed by atoms with Crippen LogP contribution in [0.15, 0.2) is 48.5 Å². The van der Waals surface area contributed by atoms with Gasteiger partial charge in [0.05, 0.1) is 5.03 Å². The lowest BCUT2D eigenvalue weighted by molar-refractivity contribution is 0.102. The molecule has 126 valence electrons. The third kappa shape index (κ3) is 4.49. The van der Waals surface area contributed by atoms with Gasteiger partial charge in [0, 0.05) is 5.69 Å². The molecule has 7 heteroatoms. The van der Waals surface area contributed by atoms with Gasteiger partial charge < -0.3 is 5.32 Å². The highest BCUT2D eigenvalue weighted by atomic mass is 35.5. The first kappa shape index (κ1) is 17.3. The lowest BCUT2D eigenvalue weighted by atomic mass is 10.1. The zero-order valence-electron chi connectivity index (χ0n) is 13.2. The minimum absolute atomic E-state index is 0.176. The smallest absolute Gasteiger partial charge is 0.286 e. The van der Waals surface area contributed by atoms with Gasteiger partial charge in [-0.2, -0.15) is 0 Å². The quantitative estimate of drug-likeness (QED) is 0.702. The van der Waals surface area contributed by atoms with Crippen LogP contribution in [0.2, 0.25) is 0 Å². The van der Waals surface area contributed by atoms with Gasteiger partial charge in [0.2, 0.25) is 5.01 Å². The van der Waals surface area contributed by atoms with Crippen LogP contribution in [-0.4, -0.2) is 16.1 Å². The molecule has 1 amide bonds. The van der Waals surface area contributed by atoms with E-state index in [0.717, 1.165) is 22.5 Å². The SMILES string of the molecule is Cc1cccc(C=C(Cl)c2nnc(C(=O)Nc3ccc(F)cc3)s2)c1. The second kappa shape index (κ2) is 7.55. The molecule has 0 atom stereocenters. The summed E-state index contributed by atoms with van der Waals surface area (Å²) in [5, 5.41) is 11.5. The van der Waals surface area contributed by atoms with Crippen LogP contribution in [0.4, 0.5) is 10.1 Å². The van der Waals surface area contributed by atoms with E-state index in [2.05, 4.69) is 15.5 Å². The summed E-state index contributed by atoms with van der Waals surface area (Å²) in [7, 11) is 0. The lowest BCUT2D eigenvalue weighted by Gasteiger charge is -2.01.